The first kappa shape index (κ1) is 24.6. The molecule has 188 valence electrons. The Morgan fingerprint density at radius 1 is 0.757 bits per heavy atom. The van der Waals surface area contributed by atoms with Crippen LogP contribution >= 0.6 is 26.3 Å². The maximum atomic E-state index is 11.7. The number of aromatic carboxylic acids is 1. The molecule has 0 spiro atoms. The quantitative estimate of drug-likeness (QED) is 0.199. The van der Waals surface area contributed by atoms with Crippen molar-refractivity contribution in [2.45, 2.75) is 31.8 Å². The zero-order chi connectivity index (χ0) is 25.5. The third-order valence-corrected chi connectivity index (χ3v) is 19.2. The van der Waals surface area contributed by atoms with Crippen LogP contribution in [0.15, 0.2) is 97.1 Å². The molecule has 2 aliphatic heterocycles. The average molecular weight is 619 g/mol. The number of carboxylic acid groups (broad SMARTS) is 1. The summed E-state index contributed by atoms with van der Waals surface area (Å²) >= 11 is 2.81. The number of hydrogen-bond donors (Lipinski definition) is 1. The summed E-state index contributed by atoms with van der Waals surface area (Å²) in [6.07, 6.45) is 5.63. The third-order valence-electron chi connectivity index (χ3n) is 8.11. The maximum absolute atomic E-state index is 11.7. The fraction of sp³-hybridized carbons (Fsp3) is 0.219. The van der Waals surface area contributed by atoms with Gasteiger partial charge in [0, 0.05) is 0 Å². The third kappa shape index (κ3) is 4.09. The summed E-state index contributed by atoms with van der Waals surface area (Å²) in [4.78, 5) is 14.3. The van der Waals surface area contributed by atoms with Crippen molar-refractivity contribution in [3.05, 3.63) is 119 Å². The van der Waals surface area contributed by atoms with Gasteiger partial charge in [0.05, 0.1) is 0 Å². The Bertz CT molecular complexity index is 1380. The van der Waals surface area contributed by atoms with Crippen molar-refractivity contribution >= 4 is 53.9 Å². The van der Waals surface area contributed by atoms with Crippen LogP contribution in [0.2, 0.25) is 0 Å². The van der Waals surface area contributed by atoms with Crippen LogP contribution in [0.1, 0.15) is 39.9 Å². The van der Waals surface area contributed by atoms with Crippen LogP contribution in [-0.4, -0.2) is 24.2 Å². The van der Waals surface area contributed by atoms with E-state index in [1.807, 2.05) is 0 Å². The van der Waals surface area contributed by atoms with E-state index in [4.69, 9.17) is 0 Å². The standard InChI is InChI=1S/C32H31INO2P/c33-37(28-11-3-1-4-12-28,29-13-5-2-6-14-29,30-17-15-25(16-18-30)32(35)36)23-24-21-26-9-7-19-34-20-8-10-27(22-24)31(26)34/h1-6,11-18,21-22H,7-10,19-20,23H2,(H,35,36). The molecule has 0 atom stereocenters. The molecular formula is C32H31INO2P. The molecule has 37 heavy (non-hydrogen) atoms. The van der Waals surface area contributed by atoms with Gasteiger partial charge in [-0.1, -0.05) is 0 Å². The number of rotatable bonds is 6. The van der Waals surface area contributed by atoms with E-state index in [1.54, 1.807) is 12.1 Å². The molecule has 0 unspecified atom stereocenters. The van der Waals surface area contributed by atoms with E-state index in [2.05, 4.69) is 112 Å². The van der Waals surface area contributed by atoms with Gasteiger partial charge < -0.3 is 0 Å². The van der Waals surface area contributed by atoms with E-state index in [9.17, 15) is 9.90 Å². The normalized spacial score (nSPS) is 15.9. The Kier molecular flexibility index (Phi) is 6.37. The first-order valence-electron chi connectivity index (χ1n) is 13.0. The van der Waals surface area contributed by atoms with E-state index in [0.29, 0.717) is 5.56 Å². The van der Waals surface area contributed by atoms with Crippen molar-refractivity contribution in [2.75, 3.05) is 18.0 Å². The van der Waals surface area contributed by atoms with Gasteiger partial charge in [-0.25, -0.2) is 0 Å². The van der Waals surface area contributed by atoms with Crippen LogP contribution < -0.4 is 20.8 Å². The van der Waals surface area contributed by atoms with Crippen molar-refractivity contribution in [1.82, 2.24) is 0 Å². The van der Waals surface area contributed by atoms with Crippen LogP contribution in [0.25, 0.3) is 0 Å². The second-order valence-corrected chi connectivity index (χ2v) is 20.9. The first-order chi connectivity index (χ1) is 18.0. The molecule has 0 fully saturated rings. The number of benzene rings is 4. The van der Waals surface area contributed by atoms with E-state index >= 15 is 0 Å². The Morgan fingerprint density at radius 2 is 1.24 bits per heavy atom. The van der Waals surface area contributed by atoms with Crippen LogP contribution in [0.3, 0.4) is 0 Å². The van der Waals surface area contributed by atoms with Gasteiger partial charge in [-0.3, -0.25) is 0 Å². The van der Waals surface area contributed by atoms with E-state index < -0.39 is 10.2 Å². The summed E-state index contributed by atoms with van der Waals surface area (Å²) in [5.74, 6) is -0.891. The monoisotopic (exact) mass is 619 g/mol. The zero-order valence-corrected chi connectivity index (χ0v) is 23.9. The molecule has 1 N–H and O–H groups in total. The van der Waals surface area contributed by atoms with Gasteiger partial charge in [0.2, 0.25) is 0 Å². The summed E-state index contributed by atoms with van der Waals surface area (Å²) in [7, 11) is 0. The molecule has 4 aromatic rings. The predicted molar refractivity (Wildman–Crippen MR) is 165 cm³/mol. The van der Waals surface area contributed by atoms with Crippen molar-refractivity contribution in [3.8, 4) is 0 Å². The number of nitrogens with zero attached hydrogens (tertiary/aromatic N) is 1. The Labute approximate surface area is 232 Å². The fourth-order valence-corrected chi connectivity index (χ4v) is 15.2. The Hall–Kier alpha value is -2.69. The fourth-order valence-electron chi connectivity index (χ4n) is 6.42. The summed E-state index contributed by atoms with van der Waals surface area (Å²) in [5, 5.41) is 13.5. The molecule has 5 heteroatoms. The summed E-state index contributed by atoms with van der Waals surface area (Å²) < 4.78 is -3.06. The second-order valence-electron chi connectivity index (χ2n) is 10.3. The molecule has 3 nitrogen and oxygen atoms in total. The van der Waals surface area contributed by atoms with Crippen molar-refractivity contribution in [3.63, 3.8) is 0 Å². The van der Waals surface area contributed by atoms with Crippen molar-refractivity contribution < 1.29 is 9.90 Å². The van der Waals surface area contributed by atoms with Crippen LogP contribution in [0.5, 0.6) is 0 Å². The molecule has 0 aliphatic carbocycles. The second kappa shape index (κ2) is 9.56. The minimum atomic E-state index is -3.06. The molecule has 0 bridgehead atoms. The SMILES string of the molecule is O=C(O)c1ccc(P(I)(Cc2cc3c4c(c2)CCCN4CCC3)(c2ccccc2)c2ccccc2)cc1. The molecule has 4 aromatic carbocycles. The molecule has 6 rings (SSSR count). The number of hydrogen-bond acceptors (Lipinski definition) is 2. The molecule has 2 heterocycles. The number of anilines is 1. The average Bonchev–Trinajstić information content (AvgIpc) is 2.94. The molecule has 0 amide bonds. The van der Waals surface area contributed by atoms with E-state index in [1.165, 1.54) is 64.2 Å². The van der Waals surface area contributed by atoms with Gasteiger partial charge >= 0.3 is 233 Å². The van der Waals surface area contributed by atoms with Crippen LogP contribution in [-0.2, 0) is 19.0 Å². The topological polar surface area (TPSA) is 40.5 Å². The molecule has 0 saturated heterocycles. The molecule has 0 radical (unpaired) electrons. The van der Waals surface area contributed by atoms with Gasteiger partial charge in [0.25, 0.3) is 0 Å². The molecular weight excluding hydrogens is 588 g/mol. The van der Waals surface area contributed by atoms with Crippen molar-refractivity contribution in [2.24, 2.45) is 0 Å². The Balaban J connectivity index is 1.62. The van der Waals surface area contributed by atoms with Gasteiger partial charge in [0.15, 0.2) is 0 Å². The van der Waals surface area contributed by atoms with Gasteiger partial charge in [-0.2, -0.15) is 0 Å². The summed E-state index contributed by atoms with van der Waals surface area (Å²) in [6, 6.07) is 34.4. The predicted octanol–water partition coefficient (Wildman–Crippen LogP) is 6.46. The number of carboxylic acids is 1. The Morgan fingerprint density at radius 3 is 1.73 bits per heavy atom. The zero-order valence-electron chi connectivity index (χ0n) is 20.8. The number of aryl methyl sites for hydroxylation is 2. The minimum absolute atomic E-state index is 0.324. The summed E-state index contributed by atoms with van der Waals surface area (Å²) in [6.45, 7) is 2.35. The van der Waals surface area contributed by atoms with E-state index in [0.717, 1.165) is 19.0 Å². The molecule has 2 aliphatic rings. The van der Waals surface area contributed by atoms with Gasteiger partial charge in [-0.15, -0.1) is 0 Å². The van der Waals surface area contributed by atoms with Crippen LogP contribution in [0.4, 0.5) is 5.69 Å². The molecule has 0 aromatic heterocycles. The molecule has 0 saturated carbocycles. The van der Waals surface area contributed by atoms with Gasteiger partial charge in [-0.05, 0) is 0 Å². The van der Waals surface area contributed by atoms with Gasteiger partial charge in [0.1, 0.15) is 0 Å². The number of halogens is 1. The van der Waals surface area contributed by atoms with Crippen LogP contribution in [0, 0.1) is 0 Å². The van der Waals surface area contributed by atoms with Crippen molar-refractivity contribution in [1.29, 1.82) is 0 Å². The first-order valence-corrected chi connectivity index (χ1v) is 18.3. The number of carbonyl (C=O) groups is 1. The van der Waals surface area contributed by atoms with E-state index in [-0.39, 0.29) is 0 Å². The summed E-state index contributed by atoms with van der Waals surface area (Å²) in [5.41, 5.74) is 6.22.